The van der Waals surface area contributed by atoms with E-state index < -0.39 is 0 Å². The van der Waals surface area contributed by atoms with Gasteiger partial charge in [0.1, 0.15) is 0 Å². The Morgan fingerprint density at radius 1 is 1.07 bits per heavy atom. The van der Waals surface area contributed by atoms with E-state index in [1.807, 2.05) is 37.7 Å². The fourth-order valence-corrected chi connectivity index (χ4v) is 5.39. The number of benzene rings is 1. The highest BCUT2D eigenvalue weighted by atomic mass is 32.2. The number of nitrogens with one attached hydrogen (secondary N) is 1. The monoisotopic (exact) mass is 401 g/mol. The summed E-state index contributed by atoms with van der Waals surface area (Å²) in [7, 11) is 0. The van der Waals surface area contributed by atoms with Gasteiger partial charge in [0, 0.05) is 27.2 Å². The van der Waals surface area contributed by atoms with Gasteiger partial charge in [-0.1, -0.05) is 31.0 Å². The second-order valence-corrected chi connectivity index (χ2v) is 9.44. The lowest BCUT2D eigenvalue weighted by Crippen LogP contribution is -2.15. The average molecular weight is 402 g/mol. The maximum atomic E-state index is 12.3. The van der Waals surface area contributed by atoms with Gasteiger partial charge in [-0.2, -0.15) is 0 Å². The third-order valence-electron chi connectivity index (χ3n) is 4.62. The van der Waals surface area contributed by atoms with Crippen LogP contribution in [0.4, 0.5) is 5.69 Å². The van der Waals surface area contributed by atoms with Gasteiger partial charge >= 0.3 is 0 Å². The van der Waals surface area contributed by atoms with E-state index in [-0.39, 0.29) is 5.91 Å². The standard InChI is InChI=1S/C21H27N3OS2/c1-14-11-18(27-17-7-5-4-6-8-17)9-10-19(14)24-20(25)13-26-21-22-15(2)12-16(3)23-21/h9-12,17H,4-8,13H2,1-3H3,(H,24,25). The Morgan fingerprint density at radius 3 is 2.44 bits per heavy atom. The molecule has 0 bridgehead atoms. The molecule has 0 unspecified atom stereocenters. The summed E-state index contributed by atoms with van der Waals surface area (Å²) in [4.78, 5) is 22.4. The maximum absolute atomic E-state index is 12.3. The lowest BCUT2D eigenvalue weighted by molar-refractivity contribution is -0.113. The van der Waals surface area contributed by atoms with Crippen LogP contribution in [-0.2, 0) is 4.79 Å². The minimum absolute atomic E-state index is 0.0291. The lowest BCUT2D eigenvalue weighted by atomic mass is 10.0. The van der Waals surface area contributed by atoms with Crippen molar-refractivity contribution in [1.82, 2.24) is 9.97 Å². The molecule has 2 aromatic rings. The predicted octanol–water partition coefficient (Wildman–Crippen LogP) is 5.56. The summed E-state index contributed by atoms with van der Waals surface area (Å²) in [6, 6.07) is 8.27. The van der Waals surface area contributed by atoms with Gasteiger partial charge in [-0.25, -0.2) is 9.97 Å². The number of carbonyl (C=O) groups is 1. The quantitative estimate of drug-likeness (QED) is 0.507. The predicted molar refractivity (Wildman–Crippen MR) is 115 cm³/mol. The van der Waals surface area contributed by atoms with Crippen molar-refractivity contribution >= 4 is 35.1 Å². The van der Waals surface area contributed by atoms with Crippen molar-refractivity contribution in [1.29, 1.82) is 0 Å². The highest BCUT2D eigenvalue weighted by Gasteiger charge is 2.15. The summed E-state index contributed by atoms with van der Waals surface area (Å²) < 4.78 is 0. The minimum Gasteiger partial charge on any atom is -0.325 e. The number of nitrogens with zero attached hydrogens (tertiary/aromatic N) is 2. The van der Waals surface area contributed by atoms with E-state index in [4.69, 9.17) is 0 Å². The molecule has 1 aliphatic rings. The van der Waals surface area contributed by atoms with Gasteiger partial charge < -0.3 is 5.32 Å². The molecule has 1 saturated carbocycles. The van der Waals surface area contributed by atoms with Crippen LogP contribution in [0.2, 0.25) is 0 Å². The Bertz CT molecular complexity index is 784. The molecule has 1 aromatic heterocycles. The molecule has 1 fully saturated rings. The number of aryl methyl sites for hydroxylation is 3. The number of hydrogen-bond acceptors (Lipinski definition) is 5. The first kappa shape index (κ1) is 20.2. The summed E-state index contributed by atoms with van der Waals surface area (Å²) in [5.41, 5.74) is 3.84. The third-order valence-corrected chi connectivity index (χ3v) is 6.80. The molecule has 6 heteroatoms. The van der Waals surface area contributed by atoms with Gasteiger partial charge in [0.25, 0.3) is 0 Å². The van der Waals surface area contributed by atoms with E-state index in [1.165, 1.54) is 48.8 Å². The van der Waals surface area contributed by atoms with Crippen LogP contribution in [-0.4, -0.2) is 26.9 Å². The zero-order chi connectivity index (χ0) is 19.2. The highest BCUT2D eigenvalue weighted by Crippen LogP contribution is 2.35. The molecule has 0 atom stereocenters. The molecule has 27 heavy (non-hydrogen) atoms. The first-order valence-corrected chi connectivity index (χ1v) is 11.4. The van der Waals surface area contributed by atoms with Crippen molar-refractivity contribution in [2.75, 3.05) is 11.1 Å². The van der Waals surface area contributed by atoms with E-state index in [1.54, 1.807) is 0 Å². The number of hydrogen-bond donors (Lipinski definition) is 1. The molecular formula is C21H27N3OS2. The van der Waals surface area contributed by atoms with Gasteiger partial charge in [0.2, 0.25) is 5.91 Å². The number of aromatic nitrogens is 2. The van der Waals surface area contributed by atoms with E-state index in [0.29, 0.717) is 10.9 Å². The van der Waals surface area contributed by atoms with Gasteiger partial charge in [-0.3, -0.25) is 4.79 Å². The molecule has 1 amide bonds. The van der Waals surface area contributed by atoms with Gasteiger partial charge in [0.15, 0.2) is 5.16 Å². The fraction of sp³-hybridized carbons (Fsp3) is 0.476. The first-order valence-electron chi connectivity index (χ1n) is 9.52. The van der Waals surface area contributed by atoms with Crippen LogP contribution in [0.1, 0.15) is 49.1 Å². The second kappa shape index (κ2) is 9.60. The molecule has 1 aromatic carbocycles. The van der Waals surface area contributed by atoms with Crippen molar-refractivity contribution < 1.29 is 4.79 Å². The van der Waals surface area contributed by atoms with Gasteiger partial charge in [-0.15, -0.1) is 11.8 Å². The van der Waals surface area contributed by atoms with Crippen LogP contribution in [0.5, 0.6) is 0 Å². The fourth-order valence-electron chi connectivity index (χ4n) is 3.30. The SMILES string of the molecule is Cc1cc(C)nc(SCC(=O)Nc2ccc(SC3CCCCC3)cc2C)n1. The number of rotatable bonds is 6. The molecule has 1 aliphatic carbocycles. The Labute approximate surface area is 170 Å². The summed E-state index contributed by atoms with van der Waals surface area (Å²) in [6.45, 7) is 5.94. The molecular weight excluding hydrogens is 374 g/mol. The number of amides is 1. The Morgan fingerprint density at radius 2 is 1.78 bits per heavy atom. The van der Waals surface area contributed by atoms with Crippen molar-refractivity contribution in [2.24, 2.45) is 0 Å². The van der Waals surface area contributed by atoms with E-state index in [2.05, 4.69) is 34.3 Å². The molecule has 0 spiro atoms. The van der Waals surface area contributed by atoms with Crippen LogP contribution in [0.3, 0.4) is 0 Å². The van der Waals surface area contributed by atoms with Crippen molar-refractivity contribution in [3.05, 3.63) is 41.2 Å². The van der Waals surface area contributed by atoms with Crippen LogP contribution >= 0.6 is 23.5 Å². The van der Waals surface area contributed by atoms with Crippen LogP contribution in [0, 0.1) is 20.8 Å². The smallest absolute Gasteiger partial charge is 0.234 e. The van der Waals surface area contributed by atoms with Crippen molar-refractivity contribution in [3.8, 4) is 0 Å². The maximum Gasteiger partial charge on any atom is 0.234 e. The average Bonchev–Trinajstić information content (AvgIpc) is 2.62. The zero-order valence-corrected chi connectivity index (χ0v) is 17.9. The Hall–Kier alpha value is -1.53. The van der Waals surface area contributed by atoms with Gasteiger partial charge in [-0.05, 0) is 63.4 Å². The Balaban J connectivity index is 1.54. The summed E-state index contributed by atoms with van der Waals surface area (Å²) >= 11 is 3.35. The largest absolute Gasteiger partial charge is 0.325 e. The third kappa shape index (κ3) is 6.25. The highest BCUT2D eigenvalue weighted by molar-refractivity contribution is 8.00. The molecule has 0 radical (unpaired) electrons. The topological polar surface area (TPSA) is 54.9 Å². The summed E-state index contributed by atoms with van der Waals surface area (Å²) in [5.74, 6) is 0.277. The number of carbonyl (C=O) groups excluding carboxylic acids is 1. The van der Waals surface area contributed by atoms with E-state index in [9.17, 15) is 4.79 Å². The first-order chi connectivity index (χ1) is 13.0. The lowest BCUT2D eigenvalue weighted by Gasteiger charge is -2.21. The van der Waals surface area contributed by atoms with Crippen molar-refractivity contribution in [2.45, 2.75) is 68.2 Å². The number of anilines is 1. The van der Waals surface area contributed by atoms with E-state index in [0.717, 1.165) is 27.9 Å². The van der Waals surface area contributed by atoms with Crippen LogP contribution in [0.25, 0.3) is 0 Å². The Kier molecular flexibility index (Phi) is 7.19. The molecule has 0 saturated heterocycles. The minimum atomic E-state index is -0.0291. The van der Waals surface area contributed by atoms with Crippen LogP contribution in [0.15, 0.2) is 34.3 Å². The molecule has 144 valence electrons. The molecule has 1 N–H and O–H groups in total. The summed E-state index contributed by atoms with van der Waals surface area (Å²) in [5, 5.41) is 4.41. The molecule has 1 heterocycles. The van der Waals surface area contributed by atoms with Gasteiger partial charge in [0.05, 0.1) is 5.75 Å². The molecule has 4 nitrogen and oxygen atoms in total. The molecule has 3 rings (SSSR count). The molecule has 0 aliphatic heterocycles. The zero-order valence-electron chi connectivity index (χ0n) is 16.2. The summed E-state index contributed by atoms with van der Waals surface area (Å²) in [6.07, 6.45) is 6.73. The number of thioether (sulfide) groups is 2. The van der Waals surface area contributed by atoms with Crippen LogP contribution < -0.4 is 5.32 Å². The second-order valence-electron chi connectivity index (χ2n) is 7.12. The van der Waals surface area contributed by atoms with E-state index >= 15 is 0 Å². The van der Waals surface area contributed by atoms with Crippen molar-refractivity contribution in [3.63, 3.8) is 0 Å². The normalized spacial score (nSPS) is 14.9.